The van der Waals surface area contributed by atoms with Crippen molar-refractivity contribution in [2.45, 2.75) is 12.6 Å². The van der Waals surface area contributed by atoms with Gasteiger partial charge in [0, 0.05) is 49.5 Å². The van der Waals surface area contributed by atoms with E-state index in [1.807, 2.05) is 23.1 Å². The molecule has 1 saturated heterocycles. The maximum Gasteiger partial charge on any atom is 0.325 e. The number of nitrogens with zero attached hydrogens (tertiary/aromatic N) is 3. The number of methoxy groups -OCH3 is 1. The van der Waals surface area contributed by atoms with Crippen molar-refractivity contribution < 1.29 is 14.6 Å². The number of benzene rings is 1. The highest BCUT2D eigenvalue weighted by Crippen LogP contribution is 2.32. The number of piperazine rings is 1. The molecule has 0 saturated carbocycles. The molecule has 7 heteroatoms. The molecule has 0 bridgehead atoms. The van der Waals surface area contributed by atoms with Gasteiger partial charge in [-0.15, -0.1) is 0 Å². The molecule has 0 unspecified atom stereocenters. The van der Waals surface area contributed by atoms with E-state index < -0.39 is 12.0 Å². The molecule has 0 aliphatic carbocycles. The summed E-state index contributed by atoms with van der Waals surface area (Å²) in [4.78, 5) is 20.6. The van der Waals surface area contributed by atoms with Gasteiger partial charge in [0.05, 0.1) is 12.8 Å². The summed E-state index contributed by atoms with van der Waals surface area (Å²) < 4.78 is 5.36. The van der Waals surface area contributed by atoms with E-state index >= 15 is 0 Å². The summed E-state index contributed by atoms with van der Waals surface area (Å²) in [7, 11) is 1.54. The Morgan fingerprint density at radius 3 is 2.65 bits per heavy atom. The zero-order chi connectivity index (χ0) is 18.5. The van der Waals surface area contributed by atoms with E-state index in [9.17, 15) is 9.90 Å². The van der Waals surface area contributed by atoms with Crippen LogP contribution in [0.25, 0.3) is 0 Å². The molecular weight excluding hydrogens is 354 g/mol. The number of carboxylic acid groups (broad SMARTS) is 1. The quantitative estimate of drug-likeness (QED) is 0.837. The van der Waals surface area contributed by atoms with Gasteiger partial charge in [0.25, 0.3) is 0 Å². The number of aliphatic carboxylic acids is 1. The molecule has 1 aliphatic rings. The Labute approximate surface area is 158 Å². The summed E-state index contributed by atoms with van der Waals surface area (Å²) in [6.07, 6.45) is 1.79. The van der Waals surface area contributed by atoms with E-state index in [-0.39, 0.29) is 0 Å². The minimum absolute atomic E-state index is 0.501. The van der Waals surface area contributed by atoms with Crippen LogP contribution >= 0.6 is 11.6 Å². The third-order valence-electron chi connectivity index (χ3n) is 4.60. The Bertz CT molecular complexity index is 749. The van der Waals surface area contributed by atoms with Gasteiger partial charge in [-0.05, 0) is 30.3 Å². The SMILES string of the molecule is COc1ccc(Cl)cc1[C@@H](C(=O)O)N1CCN(Cc2ccccn2)CC1. The van der Waals surface area contributed by atoms with Crippen molar-refractivity contribution in [3.63, 3.8) is 0 Å². The minimum atomic E-state index is -0.899. The molecule has 0 radical (unpaired) electrons. The largest absolute Gasteiger partial charge is 0.496 e. The first kappa shape index (κ1) is 18.6. The number of halogens is 1. The molecular formula is C19H22ClN3O3. The van der Waals surface area contributed by atoms with Crippen LogP contribution in [0.5, 0.6) is 5.75 Å². The number of hydrogen-bond acceptors (Lipinski definition) is 5. The van der Waals surface area contributed by atoms with Gasteiger partial charge in [0.15, 0.2) is 0 Å². The van der Waals surface area contributed by atoms with E-state index in [0.29, 0.717) is 29.4 Å². The van der Waals surface area contributed by atoms with Crippen molar-refractivity contribution in [2.24, 2.45) is 0 Å². The Morgan fingerprint density at radius 2 is 2.04 bits per heavy atom. The topological polar surface area (TPSA) is 65.9 Å². The van der Waals surface area contributed by atoms with Crippen LogP contribution in [0, 0.1) is 0 Å². The van der Waals surface area contributed by atoms with Gasteiger partial charge in [-0.1, -0.05) is 17.7 Å². The predicted molar refractivity (Wildman–Crippen MR) is 99.5 cm³/mol. The van der Waals surface area contributed by atoms with Crippen LogP contribution in [-0.4, -0.2) is 59.1 Å². The van der Waals surface area contributed by atoms with E-state index in [4.69, 9.17) is 16.3 Å². The average molecular weight is 376 g/mol. The van der Waals surface area contributed by atoms with Crippen LogP contribution in [0.3, 0.4) is 0 Å². The van der Waals surface area contributed by atoms with E-state index in [0.717, 1.165) is 25.3 Å². The highest BCUT2D eigenvalue weighted by Gasteiger charge is 2.32. The number of rotatable bonds is 6. The van der Waals surface area contributed by atoms with Gasteiger partial charge in [-0.3, -0.25) is 19.6 Å². The summed E-state index contributed by atoms with van der Waals surface area (Å²) in [6.45, 7) is 3.64. The summed E-state index contributed by atoms with van der Waals surface area (Å²) in [5.74, 6) is -0.360. The number of carboxylic acids is 1. The van der Waals surface area contributed by atoms with Crippen molar-refractivity contribution in [1.29, 1.82) is 0 Å². The Morgan fingerprint density at radius 1 is 1.27 bits per heavy atom. The highest BCUT2D eigenvalue weighted by atomic mass is 35.5. The van der Waals surface area contributed by atoms with Crippen LogP contribution < -0.4 is 4.74 Å². The molecule has 138 valence electrons. The van der Waals surface area contributed by atoms with E-state index in [2.05, 4.69) is 9.88 Å². The third kappa shape index (κ3) is 4.33. The molecule has 0 amide bonds. The van der Waals surface area contributed by atoms with Crippen LogP contribution in [-0.2, 0) is 11.3 Å². The van der Waals surface area contributed by atoms with Crippen LogP contribution in [0.2, 0.25) is 5.02 Å². The normalized spacial score (nSPS) is 17.0. The molecule has 1 aromatic heterocycles. The minimum Gasteiger partial charge on any atom is -0.496 e. The van der Waals surface area contributed by atoms with Crippen molar-refractivity contribution in [2.75, 3.05) is 33.3 Å². The molecule has 1 N–H and O–H groups in total. The Kier molecular flexibility index (Phi) is 6.08. The third-order valence-corrected chi connectivity index (χ3v) is 4.84. The first-order chi connectivity index (χ1) is 12.6. The lowest BCUT2D eigenvalue weighted by Crippen LogP contribution is -2.49. The highest BCUT2D eigenvalue weighted by molar-refractivity contribution is 6.30. The molecule has 2 aromatic rings. The van der Waals surface area contributed by atoms with Crippen molar-refractivity contribution in [1.82, 2.24) is 14.8 Å². The number of ether oxygens (including phenoxy) is 1. The second kappa shape index (κ2) is 8.49. The predicted octanol–water partition coefficient (Wildman–Crippen LogP) is 2.69. The van der Waals surface area contributed by atoms with Gasteiger partial charge in [0.1, 0.15) is 11.8 Å². The molecule has 1 fully saturated rings. The summed E-state index contributed by atoms with van der Waals surface area (Å²) >= 11 is 6.09. The Balaban J connectivity index is 1.71. The maximum atomic E-state index is 12.0. The summed E-state index contributed by atoms with van der Waals surface area (Å²) in [6, 6.07) is 10.2. The summed E-state index contributed by atoms with van der Waals surface area (Å²) in [5.41, 5.74) is 1.61. The first-order valence-corrected chi connectivity index (χ1v) is 8.89. The van der Waals surface area contributed by atoms with Crippen LogP contribution in [0.15, 0.2) is 42.6 Å². The van der Waals surface area contributed by atoms with Gasteiger partial charge in [-0.25, -0.2) is 0 Å². The van der Waals surface area contributed by atoms with Gasteiger partial charge in [0.2, 0.25) is 0 Å². The fourth-order valence-electron chi connectivity index (χ4n) is 3.31. The van der Waals surface area contributed by atoms with Crippen molar-refractivity contribution in [3.05, 3.63) is 58.9 Å². The molecule has 6 nitrogen and oxygen atoms in total. The molecule has 1 atom stereocenters. The summed E-state index contributed by atoms with van der Waals surface area (Å²) in [5, 5.41) is 10.3. The molecule has 0 spiro atoms. The number of aromatic nitrogens is 1. The maximum absolute atomic E-state index is 12.0. The first-order valence-electron chi connectivity index (χ1n) is 8.51. The van der Waals surface area contributed by atoms with Gasteiger partial charge in [-0.2, -0.15) is 0 Å². The average Bonchev–Trinajstić information content (AvgIpc) is 2.64. The monoisotopic (exact) mass is 375 g/mol. The van der Waals surface area contributed by atoms with E-state index in [1.165, 1.54) is 7.11 Å². The second-order valence-corrected chi connectivity index (χ2v) is 6.70. The zero-order valence-electron chi connectivity index (χ0n) is 14.6. The number of pyridine rings is 1. The van der Waals surface area contributed by atoms with Gasteiger partial charge >= 0.3 is 5.97 Å². The lowest BCUT2D eigenvalue weighted by Gasteiger charge is -2.38. The van der Waals surface area contributed by atoms with Crippen LogP contribution in [0.4, 0.5) is 0 Å². The molecule has 26 heavy (non-hydrogen) atoms. The van der Waals surface area contributed by atoms with Crippen LogP contribution in [0.1, 0.15) is 17.3 Å². The van der Waals surface area contributed by atoms with Crippen molar-refractivity contribution in [3.8, 4) is 5.75 Å². The molecule has 1 aromatic carbocycles. The second-order valence-electron chi connectivity index (χ2n) is 6.26. The fourth-order valence-corrected chi connectivity index (χ4v) is 3.49. The van der Waals surface area contributed by atoms with Crippen molar-refractivity contribution >= 4 is 17.6 Å². The molecule has 1 aliphatic heterocycles. The standard InChI is InChI=1S/C19H22ClN3O3/c1-26-17-6-5-14(20)12-16(17)18(19(24)25)23-10-8-22(9-11-23)13-15-4-2-3-7-21-15/h2-7,12,18H,8-11,13H2,1H3,(H,24,25)/t18-/m0/s1. The fraction of sp³-hybridized carbons (Fsp3) is 0.368. The van der Waals surface area contributed by atoms with Gasteiger partial charge < -0.3 is 9.84 Å². The lowest BCUT2D eigenvalue weighted by molar-refractivity contribution is -0.144. The smallest absolute Gasteiger partial charge is 0.325 e. The molecule has 3 rings (SSSR count). The zero-order valence-corrected chi connectivity index (χ0v) is 15.4. The molecule has 2 heterocycles. The lowest BCUT2D eigenvalue weighted by atomic mass is 10.0. The Hall–Kier alpha value is -2.15. The number of carbonyl (C=O) groups is 1. The van der Waals surface area contributed by atoms with E-state index in [1.54, 1.807) is 24.4 Å². The number of hydrogen-bond donors (Lipinski definition) is 1.